The lowest BCUT2D eigenvalue weighted by molar-refractivity contribution is -0.670. The van der Waals surface area contributed by atoms with Crippen molar-refractivity contribution in [1.29, 1.82) is 0 Å². The van der Waals surface area contributed by atoms with E-state index < -0.39 is 0 Å². The third-order valence-electron chi connectivity index (χ3n) is 3.11. The smallest absolute Gasteiger partial charge is 0.176 e. The van der Waals surface area contributed by atoms with E-state index in [9.17, 15) is 4.39 Å². The summed E-state index contributed by atoms with van der Waals surface area (Å²) in [6.45, 7) is 0. The fraction of sp³-hybridized carbons (Fsp3) is 0.0625. The molecule has 0 saturated carbocycles. The second-order valence-corrected chi connectivity index (χ2v) is 4.43. The standard InChI is InChI=1S/C16H13FN.HI/c1-18-10-9-16-13(11-18)3-2-4-15(16)12-5-7-14(17)8-6-12;/h2-11H,1H3;1H/q+1;/p-1. The highest BCUT2D eigenvalue weighted by Crippen LogP contribution is 2.27. The number of halogens is 2. The van der Waals surface area contributed by atoms with Crippen LogP contribution in [-0.4, -0.2) is 0 Å². The summed E-state index contributed by atoms with van der Waals surface area (Å²) >= 11 is 0. The number of pyridine rings is 1. The highest BCUT2D eigenvalue weighted by Gasteiger charge is 2.06. The van der Waals surface area contributed by atoms with E-state index in [0.717, 1.165) is 11.1 Å². The Kier molecular flexibility index (Phi) is 4.14. The third kappa shape index (κ3) is 2.76. The summed E-state index contributed by atoms with van der Waals surface area (Å²) in [5, 5.41) is 2.36. The van der Waals surface area contributed by atoms with Crippen LogP contribution in [0, 0.1) is 5.82 Å². The molecule has 0 N–H and O–H groups in total. The number of fused-ring (bicyclic) bond motifs is 1. The zero-order valence-electron chi connectivity index (χ0n) is 10.5. The van der Waals surface area contributed by atoms with E-state index in [2.05, 4.69) is 24.4 Å². The van der Waals surface area contributed by atoms with Gasteiger partial charge in [0.2, 0.25) is 0 Å². The average Bonchev–Trinajstić information content (AvgIpc) is 2.38. The van der Waals surface area contributed by atoms with Gasteiger partial charge in [-0.1, -0.05) is 24.3 Å². The highest BCUT2D eigenvalue weighted by atomic mass is 127. The molecule has 0 unspecified atom stereocenters. The fourth-order valence-corrected chi connectivity index (χ4v) is 2.22. The van der Waals surface area contributed by atoms with E-state index in [-0.39, 0.29) is 29.8 Å². The topological polar surface area (TPSA) is 3.88 Å². The molecule has 0 spiro atoms. The van der Waals surface area contributed by atoms with Crippen molar-refractivity contribution < 1.29 is 32.9 Å². The maximum atomic E-state index is 13.0. The van der Waals surface area contributed by atoms with Crippen LogP contribution in [0.15, 0.2) is 60.9 Å². The van der Waals surface area contributed by atoms with Crippen molar-refractivity contribution in [3.05, 3.63) is 66.7 Å². The Morgan fingerprint density at radius 3 is 2.42 bits per heavy atom. The SMILES string of the molecule is C[n+]1ccc2c(-c3ccc(F)cc3)cccc2c1.[I-]. The minimum Gasteiger partial charge on any atom is -1.00 e. The zero-order valence-corrected chi connectivity index (χ0v) is 12.6. The maximum Gasteiger partial charge on any atom is 0.176 e. The molecule has 3 aromatic rings. The minimum atomic E-state index is -0.203. The van der Waals surface area contributed by atoms with Gasteiger partial charge in [-0.3, -0.25) is 0 Å². The van der Waals surface area contributed by atoms with Crippen LogP contribution in [0.1, 0.15) is 0 Å². The molecule has 1 nitrogen and oxygen atoms in total. The minimum absolute atomic E-state index is 0. The molecule has 1 aromatic heterocycles. The molecule has 3 rings (SSSR count). The largest absolute Gasteiger partial charge is 1.00 e. The molecule has 0 aliphatic heterocycles. The van der Waals surface area contributed by atoms with Gasteiger partial charge in [-0.05, 0) is 29.3 Å². The number of hydrogen-bond acceptors (Lipinski definition) is 0. The summed E-state index contributed by atoms with van der Waals surface area (Å²) in [6.07, 6.45) is 4.11. The van der Waals surface area contributed by atoms with E-state index in [1.165, 1.54) is 22.9 Å². The van der Waals surface area contributed by atoms with Crippen molar-refractivity contribution in [2.45, 2.75) is 0 Å². The van der Waals surface area contributed by atoms with E-state index in [1.807, 2.05) is 36.0 Å². The molecule has 0 saturated heterocycles. The first-order chi connectivity index (χ1) is 8.74. The average molecular weight is 365 g/mol. The normalized spacial score (nSPS) is 10.2. The summed E-state index contributed by atoms with van der Waals surface area (Å²) in [4.78, 5) is 0. The summed E-state index contributed by atoms with van der Waals surface area (Å²) < 4.78 is 15.0. The summed E-state index contributed by atoms with van der Waals surface area (Å²) in [5.41, 5.74) is 2.17. The molecular formula is C16H13FIN. The van der Waals surface area contributed by atoms with Crippen LogP contribution in [0.2, 0.25) is 0 Å². The first-order valence-electron chi connectivity index (χ1n) is 5.88. The quantitative estimate of drug-likeness (QED) is 0.436. The van der Waals surface area contributed by atoms with Crippen molar-refractivity contribution in [1.82, 2.24) is 0 Å². The van der Waals surface area contributed by atoms with Gasteiger partial charge < -0.3 is 24.0 Å². The summed E-state index contributed by atoms with van der Waals surface area (Å²) in [5.74, 6) is -0.203. The van der Waals surface area contributed by atoms with Crippen molar-refractivity contribution in [3.63, 3.8) is 0 Å². The monoisotopic (exact) mass is 365 g/mol. The second-order valence-electron chi connectivity index (χ2n) is 4.43. The van der Waals surface area contributed by atoms with Crippen LogP contribution in [0.4, 0.5) is 4.39 Å². The molecule has 3 heteroatoms. The van der Waals surface area contributed by atoms with Crippen molar-refractivity contribution in [3.8, 4) is 11.1 Å². The zero-order chi connectivity index (χ0) is 12.5. The lowest BCUT2D eigenvalue weighted by Gasteiger charge is -2.05. The van der Waals surface area contributed by atoms with Crippen LogP contribution < -0.4 is 28.5 Å². The number of aromatic nitrogens is 1. The number of benzene rings is 2. The molecule has 0 amide bonds. The predicted molar refractivity (Wildman–Crippen MR) is 70.5 cm³/mol. The number of aryl methyl sites for hydroxylation is 1. The highest BCUT2D eigenvalue weighted by molar-refractivity contribution is 5.95. The van der Waals surface area contributed by atoms with Gasteiger partial charge in [0.05, 0.1) is 0 Å². The van der Waals surface area contributed by atoms with Gasteiger partial charge in [-0.2, -0.15) is 0 Å². The molecule has 96 valence electrons. The Balaban J connectivity index is 0.00000133. The van der Waals surface area contributed by atoms with Crippen LogP contribution in [-0.2, 0) is 7.05 Å². The molecule has 2 aromatic carbocycles. The lowest BCUT2D eigenvalue weighted by atomic mass is 9.99. The van der Waals surface area contributed by atoms with Gasteiger partial charge in [0.25, 0.3) is 0 Å². The number of rotatable bonds is 1. The second kappa shape index (κ2) is 5.65. The molecule has 0 bridgehead atoms. The molecule has 0 radical (unpaired) electrons. The van der Waals surface area contributed by atoms with Crippen LogP contribution in [0.3, 0.4) is 0 Å². The Hall–Kier alpha value is -1.49. The fourth-order valence-electron chi connectivity index (χ4n) is 2.22. The third-order valence-corrected chi connectivity index (χ3v) is 3.11. The maximum absolute atomic E-state index is 13.0. The van der Waals surface area contributed by atoms with Gasteiger partial charge in [-0.25, -0.2) is 8.96 Å². The van der Waals surface area contributed by atoms with E-state index in [4.69, 9.17) is 0 Å². The Morgan fingerprint density at radius 2 is 1.68 bits per heavy atom. The molecule has 0 aliphatic carbocycles. The van der Waals surface area contributed by atoms with Crippen LogP contribution >= 0.6 is 0 Å². The van der Waals surface area contributed by atoms with Gasteiger partial charge >= 0.3 is 0 Å². The molecule has 0 aliphatic rings. The van der Waals surface area contributed by atoms with Crippen molar-refractivity contribution in [2.24, 2.45) is 7.05 Å². The van der Waals surface area contributed by atoms with E-state index in [1.54, 1.807) is 0 Å². The Morgan fingerprint density at radius 1 is 0.947 bits per heavy atom. The molecule has 0 atom stereocenters. The predicted octanol–water partition coefficient (Wildman–Crippen LogP) is 0.474. The molecule has 1 heterocycles. The molecular weight excluding hydrogens is 352 g/mol. The number of hydrogen-bond donors (Lipinski definition) is 0. The van der Waals surface area contributed by atoms with Gasteiger partial charge in [0, 0.05) is 16.8 Å². The molecule has 19 heavy (non-hydrogen) atoms. The first-order valence-corrected chi connectivity index (χ1v) is 5.88. The van der Waals surface area contributed by atoms with Crippen molar-refractivity contribution >= 4 is 10.8 Å². The summed E-state index contributed by atoms with van der Waals surface area (Å²) in [6, 6.07) is 14.9. The van der Waals surface area contributed by atoms with Gasteiger partial charge in [-0.15, -0.1) is 0 Å². The number of nitrogens with zero attached hydrogens (tertiary/aromatic N) is 1. The lowest BCUT2D eigenvalue weighted by Crippen LogP contribution is -3.00. The van der Waals surface area contributed by atoms with Gasteiger partial charge in [0.15, 0.2) is 12.4 Å². The summed E-state index contributed by atoms with van der Waals surface area (Å²) in [7, 11) is 2.00. The van der Waals surface area contributed by atoms with E-state index >= 15 is 0 Å². The first kappa shape index (κ1) is 13.9. The van der Waals surface area contributed by atoms with Crippen molar-refractivity contribution in [2.75, 3.05) is 0 Å². The van der Waals surface area contributed by atoms with Gasteiger partial charge in [0.1, 0.15) is 12.9 Å². The van der Waals surface area contributed by atoms with E-state index in [0.29, 0.717) is 0 Å². The Bertz CT molecular complexity index is 708. The van der Waals surface area contributed by atoms with Crippen LogP contribution in [0.5, 0.6) is 0 Å². The molecule has 0 fully saturated rings. The Labute approximate surface area is 128 Å². The van der Waals surface area contributed by atoms with Crippen LogP contribution in [0.25, 0.3) is 21.9 Å².